The summed E-state index contributed by atoms with van der Waals surface area (Å²) in [5.74, 6) is 3.00. The van der Waals surface area contributed by atoms with Crippen LogP contribution in [0.2, 0.25) is 0 Å². The molecule has 0 spiro atoms. The molecule has 0 aliphatic heterocycles. The molecule has 0 unspecified atom stereocenters. The van der Waals surface area contributed by atoms with Crippen LogP contribution in [0.25, 0.3) is 44.4 Å². The molecule has 212 valence electrons. The lowest BCUT2D eigenvalue weighted by Crippen LogP contribution is -1.98. The minimum absolute atomic E-state index is 0.729. The number of benzene rings is 4. The van der Waals surface area contributed by atoms with Gasteiger partial charge in [-0.15, -0.1) is 11.8 Å². The highest BCUT2D eigenvalue weighted by Gasteiger charge is 2.15. The van der Waals surface area contributed by atoms with E-state index in [1.807, 2.05) is 59.4 Å². The molecule has 0 radical (unpaired) electrons. The molecule has 0 fully saturated rings. The van der Waals surface area contributed by atoms with Crippen LogP contribution < -0.4 is 9.47 Å². The number of hydrogen-bond donors (Lipinski definition) is 0. The van der Waals surface area contributed by atoms with Gasteiger partial charge in [0.05, 0.1) is 30.0 Å². The second-order valence-corrected chi connectivity index (χ2v) is 11.4. The highest BCUT2D eigenvalue weighted by Crippen LogP contribution is 2.36. The molecule has 7 aromatic rings. The van der Waals surface area contributed by atoms with Gasteiger partial charge in [0, 0.05) is 51.8 Å². The fourth-order valence-corrected chi connectivity index (χ4v) is 6.41. The van der Waals surface area contributed by atoms with Crippen molar-refractivity contribution in [2.45, 2.75) is 18.7 Å². The van der Waals surface area contributed by atoms with Gasteiger partial charge < -0.3 is 9.47 Å². The number of pyridine rings is 1. The second-order valence-electron chi connectivity index (χ2n) is 10.5. The number of ether oxygens (including phenoxy) is 2. The van der Waals surface area contributed by atoms with E-state index in [0.29, 0.717) is 0 Å². The van der Waals surface area contributed by atoms with E-state index in [-0.39, 0.29) is 0 Å². The van der Waals surface area contributed by atoms with E-state index in [4.69, 9.17) is 14.6 Å². The average molecular weight is 583 g/mol. The van der Waals surface area contributed by atoms with Crippen LogP contribution in [-0.2, 0) is 0 Å². The lowest BCUT2D eigenvalue weighted by molar-refractivity contribution is 0.414. The molecule has 4 aromatic carbocycles. The summed E-state index contributed by atoms with van der Waals surface area (Å²) in [6.45, 7) is 4.32. The second kappa shape index (κ2) is 11.0. The maximum Gasteiger partial charge on any atom is 0.141 e. The molecule has 0 amide bonds. The molecular formula is C36H30N4O2S. The first-order valence-corrected chi connectivity index (χ1v) is 15.3. The molecule has 0 saturated carbocycles. The van der Waals surface area contributed by atoms with E-state index in [9.17, 15) is 0 Å². The van der Waals surface area contributed by atoms with Crippen molar-refractivity contribution < 1.29 is 9.47 Å². The van der Waals surface area contributed by atoms with Crippen molar-refractivity contribution in [2.75, 3.05) is 13.4 Å². The van der Waals surface area contributed by atoms with Crippen molar-refractivity contribution in [3.63, 3.8) is 0 Å². The molecule has 3 aromatic heterocycles. The van der Waals surface area contributed by atoms with Crippen LogP contribution in [0.5, 0.6) is 17.2 Å². The number of hydrogen-bond acceptors (Lipinski definition) is 5. The molecule has 7 rings (SSSR count). The first-order chi connectivity index (χ1) is 21.0. The van der Waals surface area contributed by atoms with Crippen LogP contribution in [0.3, 0.4) is 0 Å². The zero-order valence-electron chi connectivity index (χ0n) is 24.4. The molecule has 3 heterocycles. The minimum atomic E-state index is 0.729. The lowest BCUT2D eigenvalue weighted by atomic mass is 9.98. The molecule has 0 aliphatic rings. The van der Waals surface area contributed by atoms with Crippen LogP contribution in [0.4, 0.5) is 0 Å². The summed E-state index contributed by atoms with van der Waals surface area (Å²) in [7, 11) is 1.67. The molecule has 6 nitrogen and oxygen atoms in total. The molecule has 0 bridgehead atoms. The van der Waals surface area contributed by atoms with Crippen molar-refractivity contribution in [3.8, 4) is 39.9 Å². The molecule has 7 heteroatoms. The fraction of sp³-hybridized carbons (Fsp3) is 0.111. The van der Waals surface area contributed by atoms with Gasteiger partial charge in [0.15, 0.2) is 0 Å². The van der Waals surface area contributed by atoms with Crippen molar-refractivity contribution in [1.82, 2.24) is 19.3 Å². The van der Waals surface area contributed by atoms with Crippen molar-refractivity contribution in [2.24, 2.45) is 0 Å². The van der Waals surface area contributed by atoms with Crippen LogP contribution in [0, 0.1) is 13.8 Å². The Bertz CT molecular complexity index is 2100. The average Bonchev–Trinajstić information content (AvgIpc) is 3.64. The van der Waals surface area contributed by atoms with Gasteiger partial charge in [-0.2, -0.15) is 5.10 Å². The Kier molecular flexibility index (Phi) is 6.87. The Morgan fingerprint density at radius 1 is 0.744 bits per heavy atom. The standard InChI is InChI=1S/C36H30N4O2S/c1-23-16-30(43-4)17-24(2)36(23)25-21-38-39(22-25)26-8-7-9-28(18-26)42-29-12-13-32-31-10-5-6-11-33(31)40(34(32)19-29)35-20-27(41-3)14-15-37-35/h5-22H,1-4H3. The highest BCUT2D eigenvalue weighted by molar-refractivity contribution is 7.98. The summed E-state index contributed by atoms with van der Waals surface area (Å²) in [5.41, 5.74) is 7.82. The summed E-state index contributed by atoms with van der Waals surface area (Å²) >= 11 is 1.76. The molecule has 0 saturated heterocycles. The third-order valence-electron chi connectivity index (χ3n) is 7.76. The van der Waals surface area contributed by atoms with Crippen LogP contribution in [0.15, 0.2) is 114 Å². The smallest absolute Gasteiger partial charge is 0.141 e. The van der Waals surface area contributed by atoms with E-state index >= 15 is 0 Å². The van der Waals surface area contributed by atoms with Crippen molar-refractivity contribution >= 4 is 33.6 Å². The minimum Gasteiger partial charge on any atom is -0.497 e. The Balaban J connectivity index is 1.24. The maximum atomic E-state index is 6.43. The first kappa shape index (κ1) is 26.9. The number of rotatable bonds is 7. The number of fused-ring (bicyclic) bond motifs is 3. The highest BCUT2D eigenvalue weighted by atomic mass is 32.2. The number of aromatic nitrogens is 4. The van der Waals surface area contributed by atoms with E-state index in [2.05, 4.69) is 78.3 Å². The van der Waals surface area contributed by atoms with Crippen LogP contribution >= 0.6 is 11.8 Å². The summed E-state index contributed by atoms with van der Waals surface area (Å²) in [5, 5.41) is 6.97. The molecular weight excluding hydrogens is 552 g/mol. The first-order valence-electron chi connectivity index (χ1n) is 14.0. The van der Waals surface area contributed by atoms with E-state index < -0.39 is 0 Å². The Hall–Kier alpha value is -5.01. The zero-order valence-corrected chi connectivity index (χ0v) is 25.2. The maximum absolute atomic E-state index is 6.43. The molecule has 43 heavy (non-hydrogen) atoms. The number of methoxy groups -OCH3 is 1. The third-order valence-corrected chi connectivity index (χ3v) is 8.47. The summed E-state index contributed by atoms with van der Waals surface area (Å²) in [4.78, 5) is 5.94. The number of para-hydroxylation sites is 1. The normalized spacial score (nSPS) is 11.3. The van der Waals surface area contributed by atoms with Crippen molar-refractivity contribution in [3.05, 3.63) is 121 Å². The van der Waals surface area contributed by atoms with E-state index in [0.717, 1.165) is 56.1 Å². The van der Waals surface area contributed by atoms with Gasteiger partial charge in [-0.25, -0.2) is 9.67 Å². The van der Waals surface area contributed by atoms with Crippen LogP contribution in [0.1, 0.15) is 11.1 Å². The van der Waals surface area contributed by atoms with Gasteiger partial charge in [0.1, 0.15) is 23.1 Å². The SMILES string of the molecule is COc1ccnc(-n2c3ccccc3c3ccc(Oc4cccc(-n5cc(-c6c(C)cc(SC)cc6C)cn5)c4)cc32)c1. The predicted octanol–water partition coefficient (Wildman–Crippen LogP) is 9.17. The third kappa shape index (κ3) is 4.91. The summed E-state index contributed by atoms with van der Waals surface area (Å²) in [6, 6.07) is 30.8. The van der Waals surface area contributed by atoms with Gasteiger partial charge in [-0.1, -0.05) is 24.3 Å². The van der Waals surface area contributed by atoms with Gasteiger partial charge in [0.25, 0.3) is 0 Å². The van der Waals surface area contributed by atoms with Gasteiger partial charge in [0.2, 0.25) is 0 Å². The largest absolute Gasteiger partial charge is 0.497 e. The summed E-state index contributed by atoms with van der Waals surface area (Å²) < 4.78 is 16.0. The fourth-order valence-electron chi connectivity index (χ4n) is 5.83. The zero-order chi connectivity index (χ0) is 29.5. The monoisotopic (exact) mass is 582 g/mol. The van der Waals surface area contributed by atoms with Gasteiger partial charge in [-0.3, -0.25) is 4.57 Å². The lowest BCUT2D eigenvalue weighted by Gasteiger charge is -2.11. The Morgan fingerprint density at radius 2 is 1.53 bits per heavy atom. The number of nitrogens with zero attached hydrogens (tertiary/aromatic N) is 4. The van der Waals surface area contributed by atoms with E-state index in [1.54, 1.807) is 25.1 Å². The quantitative estimate of drug-likeness (QED) is 0.175. The van der Waals surface area contributed by atoms with E-state index in [1.165, 1.54) is 21.6 Å². The predicted molar refractivity (Wildman–Crippen MR) is 175 cm³/mol. The van der Waals surface area contributed by atoms with Gasteiger partial charge in [-0.05, 0) is 85.3 Å². The van der Waals surface area contributed by atoms with Crippen LogP contribution in [-0.4, -0.2) is 32.7 Å². The molecule has 0 aliphatic carbocycles. The molecule has 0 N–H and O–H groups in total. The van der Waals surface area contributed by atoms with Crippen molar-refractivity contribution in [1.29, 1.82) is 0 Å². The molecule has 0 atom stereocenters. The topological polar surface area (TPSA) is 54.1 Å². The van der Waals surface area contributed by atoms with Gasteiger partial charge >= 0.3 is 0 Å². The summed E-state index contributed by atoms with van der Waals surface area (Å²) in [6.07, 6.45) is 7.89. The number of aryl methyl sites for hydroxylation is 2. The number of thioether (sulfide) groups is 1. The Morgan fingerprint density at radius 3 is 2.35 bits per heavy atom. The Labute approximate surface area is 254 Å².